The first kappa shape index (κ1) is 25.7. The van der Waals surface area contributed by atoms with Gasteiger partial charge in [-0.1, -0.05) is 18.2 Å². The molecule has 7 nitrogen and oxygen atoms in total. The highest BCUT2D eigenvalue weighted by Gasteiger charge is 2.59. The van der Waals surface area contributed by atoms with Crippen molar-refractivity contribution in [1.29, 1.82) is 0 Å². The van der Waals surface area contributed by atoms with Gasteiger partial charge in [-0.05, 0) is 20.4 Å². The monoisotopic (exact) mass is 515 g/mol. The maximum Gasteiger partial charge on any atom is 0.413 e. The lowest BCUT2D eigenvalue weighted by Crippen LogP contribution is -2.53. The van der Waals surface area contributed by atoms with Crippen LogP contribution in [0.25, 0.3) is 10.8 Å². The molecule has 3 heterocycles. The van der Waals surface area contributed by atoms with Gasteiger partial charge in [0.1, 0.15) is 5.82 Å². The number of likely N-dealkylation sites (N-methyl/N-ethyl adjacent to an activating group) is 1. The molecule has 1 unspecified atom stereocenters. The van der Waals surface area contributed by atoms with Crippen LogP contribution >= 0.6 is 0 Å². The number of aromatic nitrogens is 3. The van der Waals surface area contributed by atoms with Crippen LogP contribution in [0.2, 0.25) is 0 Å². The Balaban J connectivity index is 1.90. The van der Waals surface area contributed by atoms with Gasteiger partial charge in [-0.2, -0.15) is 18.3 Å². The molecule has 13 heteroatoms. The van der Waals surface area contributed by atoms with Gasteiger partial charge in [0, 0.05) is 43.4 Å². The summed E-state index contributed by atoms with van der Waals surface area (Å²) in [6.07, 6.45) is -7.25. The number of hydrogen-bond acceptors (Lipinski definition) is 5. The Morgan fingerprint density at radius 1 is 1.11 bits per heavy atom. The van der Waals surface area contributed by atoms with Crippen LogP contribution in [0.3, 0.4) is 0 Å². The molecule has 36 heavy (non-hydrogen) atoms. The van der Waals surface area contributed by atoms with Gasteiger partial charge in [0.2, 0.25) is 0 Å². The fourth-order valence-electron chi connectivity index (χ4n) is 4.66. The van der Waals surface area contributed by atoms with E-state index in [2.05, 4.69) is 10.4 Å². The third-order valence-corrected chi connectivity index (χ3v) is 6.62. The zero-order chi connectivity index (χ0) is 26.6. The smallest absolute Gasteiger partial charge is 0.361 e. The molecule has 0 saturated carbocycles. The molecule has 0 spiro atoms. The minimum atomic E-state index is -4.78. The van der Waals surface area contributed by atoms with E-state index in [4.69, 9.17) is 0 Å². The highest BCUT2D eigenvalue weighted by molar-refractivity contribution is 5.90. The summed E-state index contributed by atoms with van der Waals surface area (Å²) in [6.45, 7) is 1.08. The zero-order valence-electron chi connectivity index (χ0n) is 19.5. The van der Waals surface area contributed by atoms with E-state index in [9.17, 15) is 35.9 Å². The van der Waals surface area contributed by atoms with E-state index in [1.54, 1.807) is 0 Å². The third-order valence-electron chi connectivity index (χ3n) is 6.62. The van der Waals surface area contributed by atoms with Gasteiger partial charge in [-0.15, -0.1) is 0 Å². The van der Waals surface area contributed by atoms with Gasteiger partial charge in [0.15, 0.2) is 11.4 Å². The van der Waals surface area contributed by atoms with Crippen LogP contribution in [-0.4, -0.2) is 45.6 Å². The standard InChI is InChI=1S/C23H23F6N5O2/c1-12(13-5-4-6-14(18(13)24)19(25)26)30-20-16-10-34(17(35)9-15(16)21(36)33(3)31-20)22(23(27,28)29)7-8-32(2)11-22/h4-6,9-10,12,19H,7-8,11H2,1-3H3,(H,30,31)/t12-,22?/m1/s1. The Hall–Kier alpha value is -3.35. The molecule has 0 amide bonds. The molecular formula is C23H23F6N5O2. The molecule has 1 aliphatic heterocycles. The second-order valence-corrected chi connectivity index (χ2v) is 9.02. The number of nitrogens with zero attached hydrogens (tertiary/aromatic N) is 4. The number of halogens is 6. The van der Waals surface area contributed by atoms with Crippen LogP contribution in [0.5, 0.6) is 0 Å². The highest BCUT2D eigenvalue weighted by Crippen LogP contribution is 2.43. The summed E-state index contributed by atoms with van der Waals surface area (Å²) in [6, 6.07) is 3.35. The number of hydrogen-bond donors (Lipinski definition) is 1. The summed E-state index contributed by atoms with van der Waals surface area (Å²) >= 11 is 0. The average Bonchev–Trinajstić information content (AvgIpc) is 3.19. The van der Waals surface area contributed by atoms with Gasteiger partial charge in [-0.3, -0.25) is 14.2 Å². The van der Waals surface area contributed by atoms with Gasteiger partial charge in [0.05, 0.1) is 17.0 Å². The van der Waals surface area contributed by atoms with Gasteiger partial charge >= 0.3 is 6.18 Å². The summed E-state index contributed by atoms with van der Waals surface area (Å²) < 4.78 is 85.4. The molecule has 0 radical (unpaired) electrons. The van der Waals surface area contributed by atoms with E-state index < -0.39 is 53.2 Å². The molecule has 2 aromatic heterocycles. The molecule has 194 valence electrons. The molecule has 4 rings (SSSR count). The first-order valence-electron chi connectivity index (χ1n) is 11.0. The SMILES string of the molecule is C[C@@H](Nc1nn(C)c(=O)c2cc(=O)n(C3(C(F)(F)F)CCN(C)C3)cc12)c1cccc(C(F)F)c1F. The minimum Gasteiger partial charge on any atom is -0.361 e. The number of rotatable bonds is 5. The first-order chi connectivity index (χ1) is 16.8. The van der Waals surface area contributed by atoms with Crippen molar-refractivity contribution in [3.8, 4) is 0 Å². The molecule has 1 aromatic carbocycles. The van der Waals surface area contributed by atoms with Crippen LogP contribution in [-0.2, 0) is 12.6 Å². The van der Waals surface area contributed by atoms with Gasteiger partial charge in [0.25, 0.3) is 17.5 Å². The maximum atomic E-state index is 14.7. The number of likely N-dealkylation sites (tertiary alicyclic amines) is 1. The van der Waals surface area contributed by atoms with Crippen molar-refractivity contribution < 1.29 is 26.3 Å². The Morgan fingerprint density at radius 2 is 1.78 bits per heavy atom. The van der Waals surface area contributed by atoms with E-state index >= 15 is 0 Å². The lowest BCUT2D eigenvalue weighted by Gasteiger charge is -2.34. The van der Waals surface area contributed by atoms with Gasteiger partial charge < -0.3 is 10.2 Å². The molecular weight excluding hydrogens is 492 g/mol. The summed E-state index contributed by atoms with van der Waals surface area (Å²) in [7, 11) is 2.79. The average molecular weight is 515 g/mol. The molecule has 0 bridgehead atoms. The molecule has 1 fully saturated rings. The Bertz CT molecular complexity index is 1430. The first-order valence-corrected chi connectivity index (χ1v) is 11.0. The van der Waals surface area contributed by atoms with Crippen molar-refractivity contribution >= 4 is 16.6 Å². The normalized spacial score (nSPS) is 19.8. The van der Waals surface area contributed by atoms with Crippen LogP contribution in [0, 0.1) is 5.82 Å². The van der Waals surface area contributed by atoms with Crippen molar-refractivity contribution in [3.63, 3.8) is 0 Å². The van der Waals surface area contributed by atoms with Crippen molar-refractivity contribution in [2.24, 2.45) is 7.05 Å². The quantitative estimate of drug-likeness (QED) is 0.522. The third kappa shape index (κ3) is 4.14. The number of fused-ring (bicyclic) bond motifs is 1. The molecule has 1 aliphatic rings. The number of benzene rings is 1. The molecule has 0 aliphatic carbocycles. The van der Waals surface area contributed by atoms with E-state index in [0.29, 0.717) is 4.57 Å². The number of alkyl halides is 5. The largest absolute Gasteiger partial charge is 0.413 e. The summed E-state index contributed by atoms with van der Waals surface area (Å²) in [5.41, 5.74) is -5.18. The molecule has 3 aromatic rings. The van der Waals surface area contributed by atoms with Crippen LogP contribution in [0.15, 0.2) is 40.1 Å². The van der Waals surface area contributed by atoms with E-state index in [1.165, 1.54) is 38.1 Å². The fourth-order valence-corrected chi connectivity index (χ4v) is 4.66. The zero-order valence-corrected chi connectivity index (χ0v) is 19.5. The minimum absolute atomic E-state index is 0.0897. The van der Waals surface area contributed by atoms with Crippen LogP contribution in [0.1, 0.15) is 36.9 Å². The Morgan fingerprint density at radius 3 is 2.36 bits per heavy atom. The predicted octanol–water partition coefficient (Wildman–Crippen LogP) is 3.94. The fraction of sp³-hybridized carbons (Fsp3) is 0.435. The van der Waals surface area contributed by atoms with Crippen molar-refractivity contribution in [2.75, 3.05) is 25.5 Å². The second kappa shape index (κ2) is 8.95. The number of nitrogens with one attached hydrogen (secondary N) is 1. The van der Waals surface area contributed by atoms with E-state index in [1.807, 2.05) is 0 Å². The van der Waals surface area contributed by atoms with E-state index in [0.717, 1.165) is 23.0 Å². The molecule has 1 N–H and O–H groups in total. The van der Waals surface area contributed by atoms with E-state index in [-0.39, 0.29) is 35.1 Å². The van der Waals surface area contributed by atoms with Crippen LogP contribution < -0.4 is 16.4 Å². The summed E-state index contributed by atoms with van der Waals surface area (Å²) in [5.74, 6) is -1.25. The number of anilines is 1. The lowest BCUT2D eigenvalue weighted by molar-refractivity contribution is -0.211. The highest BCUT2D eigenvalue weighted by atomic mass is 19.4. The van der Waals surface area contributed by atoms with Crippen molar-refractivity contribution in [1.82, 2.24) is 19.2 Å². The number of pyridine rings is 1. The van der Waals surface area contributed by atoms with Gasteiger partial charge in [-0.25, -0.2) is 17.9 Å². The van der Waals surface area contributed by atoms with Crippen molar-refractivity contribution in [2.45, 2.75) is 37.5 Å². The lowest BCUT2D eigenvalue weighted by atomic mass is 9.96. The maximum absolute atomic E-state index is 14.7. The summed E-state index contributed by atoms with van der Waals surface area (Å²) in [5, 5.41) is 6.60. The molecule has 2 atom stereocenters. The summed E-state index contributed by atoms with van der Waals surface area (Å²) in [4.78, 5) is 27.0. The number of aryl methyl sites for hydroxylation is 1. The van der Waals surface area contributed by atoms with Crippen LogP contribution in [0.4, 0.5) is 32.2 Å². The second-order valence-electron chi connectivity index (χ2n) is 9.02. The predicted molar refractivity (Wildman–Crippen MR) is 121 cm³/mol. The molecule has 1 saturated heterocycles. The van der Waals surface area contributed by atoms with Crippen molar-refractivity contribution in [3.05, 3.63) is 68.1 Å². The Kier molecular flexibility index (Phi) is 6.40. The topological polar surface area (TPSA) is 72.2 Å². The Labute approximate surface area is 200 Å².